The van der Waals surface area contributed by atoms with E-state index < -0.39 is 0 Å². The van der Waals surface area contributed by atoms with Gasteiger partial charge in [-0.3, -0.25) is 9.48 Å². The standard InChI is InChI=1S/C13H22N4O/c1-2-17-12(6-7-15-17)10-14-11-13(18)16-8-4-3-5-9-16/h6-7,14H,2-5,8-11H2,1H3. The van der Waals surface area contributed by atoms with Crippen molar-refractivity contribution in [3.05, 3.63) is 18.0 Å². The fraction of sp³-hybridized carbons (Fsp3) is 0.692. The zero-order chi connectivity index (χ0) is 12.8. The van der Waals surface area contributed by atoms with Crippen molar-refractivity contribution in [3.63, 3.8) is 0 Å². The van der Waals surface area contributed by atoms with Crippen LogP contribution < -0.4 is 5.32 Å². The number of carbonyl (C=O) groups is 1. The van der Waals surface area contributed by atoms with E-state index in [0.29, 0.717) is 13.1 Å². The van der Waals surface area contributed by atoms with Gasteiger partial charge in [-0.1, -0.05) is 0 Å². The number of hydrogen-bond acceptors (Lipinski definition) is 3. The molecule has 2 rings (SSSR count). The number of nitrogens with zero attached hydrogens (tertiary/aromatic N) is 3. The quantitative estimate of drug-likeness (QED) is 0.848. The molecule has 1 saturated heterocycles. The van der Waals surface area contributed by atoms with Gasteiger partial charge in [-0.15, -0.1) is 0 Å². The summed E-state index contributed by atoms with van der Waals surface area (Å²) in [4.78, 5) is 13.9. The zero-order valence-electron chi connectivity index (χ0n) is 11.1. The van der Waals surface area contributed by atoms with Crippen molar-refractivity contribution in [3.8, 4) is 0 Å². The first-order chi connectivity index (χ1) is 8.81. The third kappa shape index (κ3) is 3.32. The molecule has 5 nitrogen and oxygen atoms in total. The molecule has 1 fully saturated rings. The van der Waals surface area contributed by atoms with Gasteiger partial charge in [0.2, 0.25) is 5.91 Å². The fourth-order valence-electron chi connectivity index (χ4n) is 2.35. The molecule has 0 aliphatic carbocycles. The third-order valence-electron chi connectivity index (χ3n) is 3.40. The van der Waals surface area contributed by atoms with Crippen LogP contribution in [0, 0.1) is 0 Å². The smallest absolute Gasteiger partial charge is 0.236 e. The predicted molar refractivity (Wildman–Crippen MR) is 70.0 cm³/mol. The van der Waals surface area contributed by atoms with E-state index in [4.69, 9.17) is 0 Å². The lowest BCUT2D eigenvalue weighted by Gasteiger charge is -2.26. The number of rotatable bonds is 5. The molecule has 1 aliphatic heterocycles. The van der Waals surface area contributed by atoms with Gasteiger partial charge in [0.15, 0.2) is 0 Å². The molecule has 0 unspecified atom stereocenters. The van der Waals surface area contributed by atoms with E-state index in [1.165, 1.54) is 6.42 Å². The first-order valence-electron chi connectivity index (χ1n) is 6.80. The van der Waals surface area contributed by atoms with Crippen molar-refractivity contribution in [1.29, 1.82) is 0 Å². The van der Waals surface area contributed by atoms with Gasteiger partial charge < -0.3 is 10.2 Å². The molecule has 0 aromatic carbocycles. The molecule has 18 heavy (non-hydrogen) atoms. The topological polar surface area (TPSA) is 50.2 Å². The summed E-state index contributed by atoms with van der Waals surface area (Å²) in [6, 6.07) is 1.99. The molecule has 0 saturated carbocycles. The Morgan fingerprint density at radius 2 is 2.17 bits per heavy atom. The van der Waals surface area contributed by atoms with Crippen molar-refractivity contribution in [1.82, 2.24) is 20.0 Å². The molecule has 1 aromatic heterocycles. The van der Waals surface area contributed by atoms with Crippen LogP contribution in [0.3, 0.4) is 0 Å². The highest BCUT2D eigenvalue weighted by molar-refractivity contribution is 5.78. The van der Waals surface area contributed by atoms with E-state index in [9.17, 15) is 4.79 Å². The molecule has 0 spiro atoms. The SMILES string of the molecule is CCn1nccc1CNCC(=O)N1CCCCC1. The summed E-state index contributed by atoms with van der Waals surface area (Å²) in [6.45, 7) is 5.91. The molecule has 100 valence electrons. The van der Waals surface area contributed by atoms with E-state index in [1.807, 2.05) is 15.6 Å². The molecule has 1 N–H and O–H groups in total. The van der Waals surface area contributed by atoms with E-state index in [0.717, 1.165) is 38.2 Å². The summed E-state index contributed by atoms with van der Waals surface area (Å²) in [5.41, 5.74) is 1.13. The second-order valence-corrected chi connectivity index (χ2v) is 4.68. The monoisotopic (exact) mass is 250 g/mol. The molecular formula is C13H22N4O. The van der Waals surface area contributed by atoms with E-state index in [2.05, 4.69) is 17.3 Å². The van der Waals surface area contributed by atoms with Crippen LogP contribution in [-0.4, -0.2) is 40.2 Å². The predicted octanol–water partition coefficient (Wildman–Crippen LogP) is 1.01. The minimum Gasteiger partial charge on any atom is -0.342 e. The summed E-state index contributed by atoms with van der Waals surface area (Å²) in [6.07, 6.45) is 5.35. The summed E-state index contributed by atoms with van der Waals surface area (Å²) in [7, 11) is 0. The highest BCUT2D eigenvalue weighted by Crippen LogP contribution is 2.08. The maximum absolute atomic E-state index is 11.9. The van der Waals surface area contributed by atoms with Crippen LogP contribution >= 0.6 is 0 Å². The van der Waals surface area contributed by atoms with Gasteiger partial charge >= 0.3 is 0 Å². The lowest BCUT2D eigenvalue weighted by atomic mass is 10.1. The molecule has 1 amide bonds. The summed E-state index contributed by atoms with van der Waals surface area (Å²) >= 11 is 0. The van der Waals surface area contributed by atoms with E-state index in [-0.39, 0.29) is 5.91 Å². The number of carbonyl (C=O) groups excluding carboxylic acids is 1. The Balaban J connectivity index is 1.73. The maximum Gasteiger partial charge on any atom is 0.236 e. The maximum atomic E-state index is 11.9. The molecule has 0 radical (unpaired) electrons. The van der Waals surface area contributed by atoms with Gasteiger partial charge in [0.25, 0.3) is 0 Å². The second-order valence-electron chi connectivity index (χ2n) is 4.68. The van der Waals surface area contributed by atoms with Crippen LogP contribution in [0.5, 0.6) is 0 Å². The van der Waals surface area contributed by atoms with E-state index >= 15 is 0 Å². The molecule has 0 bridgehead atoms. The minimum absolute atomic E-state index is 0.220. The van der Waals surface area contributed by atoms with Gasteiger partial charge in [-0.05, 0) is 32.3 Å². The van der Waals surface area contributed by atoms with Crippen molar-refractivity contribution in [2.75, 3.05) is 19.6 Å². The minimum atomic E-state index is 0.220. The van der Waals surface area contributed by atoms with Crippen LogP contribution in [0.15, 0.2) is 12.3 Å². The number of hydrogen-bond donors (Lipinski definition) is 1. The molecule has 5 heteroatoms. The largest absolute Gasteiger partial charge is 0.342 e. The fourth-order valence-corrected chi connectivity index (χ4v) is 2.35. The lowest BCUT2D eigenvalue weighted by molar-refractivity contribution is -0.131. The molecule has 2 heterocycles. The Morgan fingerprint density at radius 3 is 2.89 bits per heavy atom. The van der Waals surface area contributed by atoms with Crippen molar-refractivity contribution in [2.24, 2.45) is 0 Å². The third-order valence-corrected chi connectivity index (χ3v) is 3.40. The number of piperidine rings is 1. The first kappa shape index (κ1) is 13.1. The second kappa shape index (κ2) is 6.54. The van der Waals surface area contributed by atoms with E-state index in [1.54, 1.807) is 6.20 Å². The Kier molecular flexibility index (Phi) is 4.75. The summed E-state index contributed by atoms with van der Waals surface area (Å²) in [5, 5.41) is 7.41. The van der Waals surface area contributed by atoms with Gasteiger partial charge in [0, 0.05) is 32.4 Å². The average Bonchev–Trinajstić information content (AvgIpc) is 2.87. The number of aryl methyl sites for hydroxylation is 1. The average molecular weight is 250 g/mol. The Bertz CT molecular complexity index is 382. The number of nitrogens with one attached hydrogen (secondary N) is 1. The normalized spacial score (nSPS) is 15.9. The number of aromatic nitrogens is 2. The van der Waals surface area contributed by atoms with Crippen molar-refractivity contribution >= 4 is 5.91 Å². The van der Waals surface area contributed by atoms with Crippen molar-refractivity contribution in [2.45, 2.75) is 39.3 Å². The van der Waals surface area contributed by atoms with Gasteiger partial charge in [0.1, 0.15) is 0 Å². The van der Waals surface area contributed by atoms with Crippen molar-refractivity contribution < 1.29 is 4.79 Å². The van der Waals surface area contributed by atoms with Gasteiger partial charge in [0.05, 0.1) is 12.2 Å². The number of amides is 1. The van der Waals surface area contributed by atoms with Crippen LogP contribution in [0.2, 0.25) is 0 Å². The molecule has 1 aromatic rings. The Morgan fingerprint density at radius 1 is 1.39 bits per heavy atom. The molecule has 1 aliphatic rings. The molecular weight excluding hydrogens is 228 g/mol. The van der Waals surface area contributed by atoms with Crippen LogP contribution in [0.4, 0.5) is 0 Å². The highest BCUT2D eigenvalue weighted by atomic mass is 16.2. The first-order valence-corrected chi connectivity index (χ1v) is 6.80. The summed E-state index contributed by atoms with van der Waals surface area (Å²) in [5.74, 6) is 0.220. The Hall–Kier alpha value is -1.36. The highest BCUT2D eigenvalue weighted by Gasteiger charge is 2.15. The Labute approximate surface area is 108 Å². The molecule has 0 atom stereocenters. The summed E-state index contributed by atoms with van der Waals surface area (Å²) < 4.78 is 1.94. The van der Waals surface area contributed by atoms with Crippen LogP contribution in [-0.2, 0) is 17.9 Å². The van der Waals surface area contributed by atoms with Crippen LogP contribution in [0.1, 0.15) is 31.9 Å². The van der Waals surface area contributed by atoms with Gasteiger partial charge in [-0.2, -0.15) is 5.10 Å². The van der Waals surface area contributed by atoms with Crippen LogP contribution in [0.25, 0.3) is 0 Å². The number of likely N-dealkylation sites (tertiary alicyclic amines) is 1. The zero-order valence-corrected chi connectivity index (χ0v) is 11.1. The lowest BCUT2D eigenvalue weighted by Crippen LogP contribution is -2.41. The van der Waals surface area contributed by atoms with Gasteiger partial charge in [-0.25, -0.2) is 0 Å².